The third-order valence-electron chi connectivity index (χ3n) is 3.94. The summed E-state index contributed by atoms with van der Waals surface area (Å²) in [4.78, 5) is 2.42. The molecule has 1 unspecified atom stereocenters. The maximum atomic E-state index is 6.06. The van der Waals surface area contributed by atoms with Gasteiger partial charge < -0.3 is 5.73 Å². The summed E-state index contributed by atoms with van der Waals surface area (Å²) in [6.07, 6.45) is 2.10. The Morgan fingerprint density at radius 2 is 1.82 bits per heavy atom. The second-order valence-corrected chi connectivity index (χ2v) is 5.15. The molecule has 1 atom stereocenters. The predicted octanol–water partition coefficient (Wildman–Crippen LogP) is 2.68. The minimum Gasteiger partial charge on any atom is -0.329 e. The first-order chi connectivity index (χ1) is 8.05. The van der Waals surface area contributed by atoms with E-state index in [1.807, 2.05) is 0 Å². The number of hydrogen-bond donors (Lipinski definition) is 1. The van der Waals surface area contributed by atoms with Gasteiger partial charge in [-0.3, -0.25) is 4.90 Å². The van der Waals surface area contributed by atoms with E-state index in [4.69, 9.17) is 5.73 Å². The highest BCUT2D eigenvalue weighted by molar-refractivity contribution is 5.18. The monoisotopic (exact) mass is 234 g/mol. The second-order valence-electron chi connectivity index (χ2n) is 5.15. The second kappa shape index (κ2) is 6.18. The molecule has 0 aromatic heterocycles. The van der Waals surface area contributed by atoms with Crippen molar-refractivity contribution in [1.82, 2.24) is 4.90 Å². The number of benzene rings is 1. The van der Waals surface area contributed by atoms with E-state index in [-0.39, 0.29) is 5.54 Å². The summed E-state index contributed by atoms with van der Waals surface area (Å²) in [7, 11) is 2.18. The molecule has 17 heavy (non-hydrogen) atoms. The lowest BCUT2D eigenvalue weighted by Crippen LogP contribution is -2.55. The molecule has 1 aromatic rings. The zero-order valence-electron chi connectivity index (χ0n) is 11.6. The summed E-state index contributed by atoms with van der Waals surface area (Å²) < 4.78 is 0. The minimum absolute atomic E-state index is 0.0789. The van der Waals surface area contributed by atoms with Crippen LogP contribution in [0.4, 0.5) is 0 Å². The first kappa shape index (κ1) is 14.2. The van der Waals surface area contributed by atoms with E-state index in [2.05, 4.69) is 63.1 Å². The first-order valence-electron chi connectivity index (χ1n) is 6.52. The van der Waals surface area contributed by atoms with Crippen LogP contribution < -0.4 is 5.73 Å². The average Bonchev–Trinajstić information content (AvgIpc) is 2.36. The van der Waals surface area contributed by atoms with Gasteiger partial charge in [0.1, 0.15) is 0 Å². The summed E-state index contributed by atoms with van der Waals surface area (Å²) in [5.41, 5.74) is 7.51. The summed E-state index contributed by atoms with van der Waals surface area (Å²) >= 11 is 0. The quantitative estimate of drug-likeness (QED) is 0.820. The van der Waals surface area contributed by atoms with E-state index in [1.165, 1.54) is 5.56 Å². The number of nitrogens with zero attached hydrogens (tertiary/aromatic N) is 1. The van der Waals surface area contributed by atoms with E-state index >= 15 is 0 Å². The normalized spacial score (nSPS) is 15.2. The van der Waals surface area contributed by atoms with Gasteiger partial charge in [-0.25, -0.2) is 0 Å². The van der Waals surface area contributed by atoms with Crippen LogP contribution in [0, 0.1) is 0 Å². The van der Waals surface area contributed by atoms with Crippen molar-refractivity contribution in [3.63, 3.8) is 0 Å². The average molecular weight is 234 g/mol. The van der Waals surface area contributed by atoms with E-state index in [9.17, 15) is 0 Å². The molecule has 0 fully saturated rings. The molecule has 0 bridgehead atoms. The lowest BCUT2D eigenvalue weighted by molar-refractivity contribution is 0.0876. The number of nitrogens with two attached hydrogens (primary N) is 1. The zero-order valence-corrected chi connectivity index (χ0v) is 11.6. The van der Waals surface area contributed by atoms with Crippen molar-refractivity contribution in [3.8, 4) is 0 Å². The predicted molar refractivity (Wildman–Crippen MR) is 75.1 cm³/mol. The molecule has 2 N–H and O–H groups in total. The Kier molecular flexibility index (Phi) is 5.16. The van der Waals surface area contributed by atoms with Crippen molar-refractivity contribution >= 4 is 0 Å². The molecular weight excluding hydrogens is 208 g/mol. The molecule has 96 valence electrons. The van der Waals surface area contributed by atoms with Crippen LogP contribution in [0.2, 0.25) is 0 Å². The van der Waals surface area contributed by atoms with Gasteiger partial charge in [-0.1, -0.05) is 37.3 Å². The zero-order chi connectivity index (χ0) is 12.9. The van der Waals surface area contributed by atoms with Crippen molar-refractivity contribution in [2.75, 3.05) is 13.6 Å². The molecule has 0 heterocycles. The van der Waals surface area contributed by atoms with Gasteiger partial charge in [-0.2, -0.15) is 0 Å². The van der Waals surface area contributed by atoms with Gasteiger partial charge in [0.25, 0.3) is 0 Å². The maximum Gasteiger partial charge on any atom is 0.0368 e. The van der Waals surface area contributed by atoms with Crippen LogP contribution in [0.25, 0.3) is 0 Å². The van der Waals surface area contributed by atoms with Crippen LogP contribution in [0.15, 0.2) is 30.3 Å². The summed E-state index contributed by atoms with van der Waals surface area (Å²) in [5, 5.41) is 0. The van der Waals surface area contributed by atoms with E-state index in [0.717, 1.165) is 12.8 Å². The topological polar surface area (TPSA) is 29.3 Å². The molecule has 0 aliphatic heterocycles. The Labute approximate surface area is 106 Å². The third-order valence-corrected chi connectivity index (χ3v) is 3.94. The SMILES string of the molecule is CCC(CN)(Cc1ccccc1)N(C)C(C)C. The molecule has 0 radical (unpaired) electrons. The van der Waals surface area contributed by atoms with Crippen LogP contribution in [-0.4, -0.2) is 30.1 Å². The van der Waals surface area contributed by atoms with E-state index < -0.39 is 0 Å². The molecule has 2 nitrogen and oxygen atoms in total. The smallest absolute Gasteiger partial charge is 0.0368 e. The summed E-state index contributed by atoms with van der Waals surface area (Å²) in [6.45, 7) is 7.39. The van der Waals surface area contributed by atoms with Crippen LogP contribution in [0.1, 0.15) is 32.8 Å². The Hall–Kier alpha value is -0.860. The molecule has 0 saturated carbocycles. The number of likely N-dealkylation sites (N-methyl/N-ethyl adjacent to an activating group) is 1. The van der Waals surface area contributed by atoms with E-state index in [0.29, 0.717) is 12.6 Å². The fourth-order valence-electron chi connectivity index (χ4n) is 2.38. The molecule has 0 spiro atoms. The molecule has 0 amide bonds. The van der Waals surface area contributed by atoms with Crippen LogP contribution in [0.3, 0.4) is 0 Å². The third kappa shape index (κ3) is 3.30. The Bertz CT molecular complexity index is 315. The molecule has 0 aliphatic rings. The molecule has 0 saturated heterocycles. The van der Waals surface area contributed by atoms with Gasteiger partial charge in [0.15, 0.2) is 0 Å². The van der Waals surface area contributed by atoms with Crippen molar-refractivity contribution in [3.05, 3.63) is 35.9 Å². The van der Waals surface area contributed by atoms with Crippen LogP contribution in [0.5, 0.6) is 0 Å². The molecule has 2 heteroatoms. The highest BCUT2D eigenvalue weighted by Gasteiger charge is 2.32. The number of rotatable bonds is 6. The van der Waals surface area contributed by atoms with Gasteiger partial charge in [-0.05, 0) is 39.3 Å². The Morgan fingerprint density at radius 3 is 2.24 bits per heavy atom. The molecular formula is C15H26N2. The largest absolute Gasteiger partial charge is 0.329 e. The summed E-state index contributed by atoms with van der Waals surface area (Å²) in [5.74, 6) is 0. The lowest BCUT2D eigenvalue weighted by Gasteiger charge is -2.43. The fraction of sp³-hybridized carbons (Fsp3) is 0.600. The van der Waals surface area contributed by atoms with Gasteiger partial charge in [0.05, 0.1) is 0 Å². The Balaban J connectivity index is 2.92. The van der Waals surface area contributed by atoms with Gasteiger partial charge in [0, 0.05) is 18.1 Å². The lowest BCUT2D eigenvalue weighted by atomic mass is 9.86. The van der Waals surface area contributed by atoms with Crippen molar-refractivity contribution < 1.29 is 0 Å². The Morgan fingerprint density at radius 1 is 1.24 bits per heavy atom. The standard InChI is InChI=1S/C15H26N2/c1-5-15(12-16,17(4)13(2)3)11-14-9-7-6-8-10-14/h6-10,13H,5,11-12,16H2,1-4H3. The van der Waals surface area contributed by atoms with Gasteiger partial charge in [0.2, 0.25) is 0 Å². The molecule has 0 aliphatic carbocycles. The van der Waals surface area contributed by atoms with Crippen molar-refractivity contribution in [2.45, 2.75) is 45.2 Å². The highest BCUT2D eigenvalue weighted by atomic mass is 15.2. The summed E-state index contributed by atoms with van der Waals surface area (Å²) in [6, 6.07) is 11.2. The molecule has 1 aromatic carbocycles. The number of hydrogen-bond acceptors (Lipinski definition) is 2. The minimum atomic E-state index is 0.0789. The van der Waals surface area contributed by atoms with Gasteiger partial charge in [-0.15, -0.1) is 0 Å². The van der Waals surface area contributed by atoms with Crippen LogP contribution in [-0.2, 0) is 6.42 Å². The van der Waals surface area contributed by atoms with Crippen molar-refractivity contribution in [1.29, 1.82) is 0 Å². The van der Waals surface area contributed by atoms with Gasteiger partial charge >= 0.3 is 0 Å². The molecule has 1 rings (SSSR count). The van der Waals surface area contributed by atoms with E-state index in [1.54, 1.807) is 0 Å². The maximum absolute atomic E-state index is 6.06. The first-order valence-corrected chi connectivity index (χ1v) is 6.52. The fourth-order valence-corrected chi connectivity index (χ4v) is 2.38. The highest BCUT2D eigenvalue weighted by Crippen LogP contribution is 2.24. The van der Waals surface area contributed by atoms with Crippen molar-refractivity contribution in [2.24, 2.45) is 5.73 Å². The van der Waals surface area contributed by atoms with Crippen LogP contribution >= 0.6 is 0 Å².